The first-order chi connectivity index (χ1) is 16.3. The van der Waals surface area contributed by atoms with Gasteiger partial charge in [-0.05, 0) is 52.5 Å². The minimum atomic E-state index is -1.05. The molecule has 35 heavy (non-hydrogen) atoms. The highest BCUT2D eigenvalue weighted by Gasteiger charge is 2.40. The van der Waals surface area contributed by atoms with Crippen LogP contribution in [0.5, 0.6) is 5.75 Å². The Balaban J connectivity index is 3.44. The lowest BCUT2D eigenvalue weighted by atomic mass is 9.96. The van der Waals surface area contributed by atoms with Crippen molar-refractivity contribution in [2.75, 3.05) is 6.54 Å². The summed E-state index contributed by atoms with van der Waals surface area (Å²) in [5.41, 5.74) is -0.379. The molecule has 3 N–H and O–H groups in total. The van der Waals surface area contributed by atoms with E-state index in [0.717, 1.165) is 19.3 Å². The van der Waals surface area contributed by atoms with E-state index in [2.05, 4.69) is 17.6 Å². The second kappa shape index (κ2) is 14.0. The number of alkyl carbamates (subject to hydrolysis) is 1. The predicted molar refractivity (Wildman–Crippen MR) is 138 cm³/mol. The van der Waals surface area contributed by atoms with Crippen LogP contribution in [0.25, 0.3) is 0 Å². The number of unbranched alkanes of at least 4 members (excludes halogenated alkanes) is 2. The van der Waals surface area contributed by atoms with Gasteiger partial charge in [0.15, 0.2) is 0 Å². The van der Waals surface area contributed by atoms with Gasteiger partial charge in [0.25, 0.3) is 0 Å². The number of rotatable bonds is 12. The Morgan fingerprint density at radius 1 is 1.06 bits per heavy atom. The van der Waals surface area contributed by atoms with E-state index in [4.69, 9.17) is 4.74 Å². The fourth-order valence-electron chi connectivity index (χ4n) is 3.72. The van der Waals surface area contributed by atoms with Crippen LogP contribution < -0.4 is 10.6 Å². The highest BCUT2D eigenvalue weighted by Crippen LogP contribution is 2.32. The average Bonchev–Trinajstić information content (AvgIpc) is 2.77. The van der Waals surface area contributed by atoms with Crippen molar-refractivity contribution in [3.63, 3.8) is 0 Å². The number of nitrogens with one attached hydrogen (secondary N) is 2. The van der Waals surface area contributed by atoms with Gasteiger partial charge in [-0.25, -0.2) is 4.79 Å². The molecule has 0 heterocycles. The standard InChI is InChI=1S/C27H45N3O5/c1-9-11-14-17-28-24(32)23(20-15-12-13-16-21(20)31)30(19(5)10-2)25(33)22(18(3)4)29-26(34)35-27(6,7)8/h12-13,15-16,18-19,22-23,31H,9-11,14,17H2,1-8H3,(H,28,32)(H,29,34). The number of carbonyl (C=O) groups excluding carboxylic acids is 3. The Morgan fingerprint density at radius 2 is 1.69 bits per heavy atom. The topological polar surface area (TPSA) is 108 Å². The van der Waals surface area contributed by atoms with Gasteiger partial charge in [-0.3, -0.25) is 9.59 Å². The molecule has 0 aliphatic carbocycles. The van der Waals surface area contributed by atoms with Crippen LogP contribution in [-0.4, -0.2) is 52.1 Å². The molecule has 0 radical (unpaired) electrons. The molecule has 1 rings (SSSR count). The van der Waals surface area contributed by atoms with Gasteiger partial charge in [-0.1, -0.05) is 58.7 Å². The number of aromatic hydroxyl groups is 1. The molecular weight excluding hydrogens is 446 g/mol. The quantitative estimate of drug-likeness (QED) is 0.360. The monoisotopic (exact) mass is 491 g/mol. The van der Waals surface area contributed by atoms with Crippen LogP contribution >= 0.6 is 0 Å². The van der Waals surface area contributed by atoms with Gasteiger partial charge in [-0.15, -0.1) is 0 Å². The number of benzene rings is 1. The third-order valence-electron chi connectivity index (χ3n) is 5.76. The van der Waals surface area contributed by atoms with Crippen molar-refractivity contribution in [1.82, 2.24) is 15.5 Å². The maximum Gasteiger partial charge on any atom is 0.408 e. The van der Waals surface area contributed by atoms with Gasteiger partial charge in [0.2, 0.25) is 11.8 Å². The zero-order valence-corrected chi connectivity index (χ0v) is 22.7. The van der Waals surface area contributed by atoms with Crippen molar-refractivity contribution >= 4 is 17.9 Å². The fraction of sp³-hybridized carbons (Fsp3) is 0.667. The van der Waals surface area contributed by atoms with E-state index in [0.29, 0.717) is 18.5 Å². The van der Waals surface area contributed by atoms with Crippen LogP contribution in [0.3, 0.4) is 0 Å². The number of phenolic OH excluding ortho intramolecular Hbond substituents is 1. The molecular formula is C27H45N3O5. The number of para-hydroxylation sites is 1. The SMILES string of the molecule is CCCCCNC(=O)C(c1ccccc1O)N(C(=O)C(NC(=O)OC(C)(C)C)C(C)C)C(C)CC. The zero-order chi connectivity index (χ0) is 26.8. The van der Waals surface area contributed by atoms with Crippen LogP contribution in [-0.2, 0) is 14.3 Å². The number of amides is 3. The van der Waals surface area contributed by atoms with E-state index in [-0.39, 0.29) is 23.6 Å². The summed E-state index contributed by atoms with van der Waals surface area (Å²) >= 11 is 0. The lowest BCUT2D eigenvalue weighted by molar-refractivity contribution is -0.146. The van der Waals surface area contributed by atoms with Crippen molar-refractivity contribution in [3.8, 4) is 5.75 Å². The van der Waals surface area contributed by atoms with Gasteiger partial charge in [0.05, 0.1) is 0 Å². The molecule has 0 fully saturated rings. The fourth-order valence-corrected chi connectivity index (χ4v) is 3.72. The molecule has 0 aliphatic heterocycles. The van der Waals surface area contributed by atoms with E-state index < -0.39 is 29.7 Å². The molecule has 0 bridgehead atoms. The Kier molecular flexibility index (Phi) is 12.1. The normalized spacial score (nSPS) is 14.1. The minimum absolute atomic E-state index is 0.0662. The first-order valence-electron chi connectivity index (χ1n) is 12.7. The second-order valence-electron chi connectivity index (χ2n) is 10.3. The summed E-state index contributed by atoms with van der Waals surface area (Å²) in [7, 11) is 0. The van der Waals surface area contributed by atoms with Gasteiger partial charge < -0.3 is 25.4 Å². The third-order valence-corrected chi connectivity index (χ3v) is 5.76. The number of carbonyl (C=O) groups is 3. The van der Waals surface area contributed by atoms with Crippen LogP contribution in [0.1, 0.15) is 92.7 Å². The number of ether oxygens (including phenoxy) is 1. The first-order valence-corrected chi connectivity index (χ1v) is 12.7. The van der Waals surface area contributed by atoms with Crippen LogP contribution in [0.2, 0.25) is 0 Å². The molecule has 0 aliphatic rings. The molecule has 3 amide bonds. The maximum absolute atomic E-state index is 14.0. The van der Waals surface area contributed by atoms with Crippen LogP contribution in [0, 0.1) is 5.92 Å². The Hall–Kier alpha value is -2.77. The lowest BCUT2D eigenvalue weighted by Crippen LogP contribution is -2.57. The third kappa shape index (κ3) is 9.42. The highest BCUT2D eigenvalue weighted by molar-refractivity contribution is 5.92. The van der Waals surface area contributed by atoms with Crippen LogP contribution in [0.4, 0.5) is 4.79 Å². The van der Waals surface area contributed by atoms with Crippen molar-refractivity contribution in [2.45, 2.75) is 105 Å². The van der Waals surface area contributed by atoms with Gasteiger partial charge in [0, 0.05) is 18.2 Å². The van der Waals surface area contributed by atoms with Gasteiger partial charge in [-0.2, -0.15) is 0 Å². The highest BCUT2D eigenvalue weighted by atomic mass is 16.6. The summed E-state index contributed by atoms with van der Waals surface area (Å²) < 4.78 is 5.38. The summed E-state index contributed by atoms with van der Waals surface area (Å²) in [6.45, 7) is 15.3. The number of hydrogen-bond acceptors (Lipinski definition) is 5. The van der Waals surface area contributed by atoms with E-state index in [9.17, 15) is 19.5 Å². The number of nitrogens with zero attached hydrogens (tertiary/aromatic N) is 1. The van der Waals surface area contributed by atoms with Gasteiger partial charge >= 0.3 is 6.09 Å². The summed E-state index contributed by atoms with van der Waals surface area (Å²) in [4.78, 5) is 41.5. The molecule has 0 saturated heterocycles. The largest absolute Gasteiger partial charge is 0.508 e. The molecule has 0 saturated carbocycles. The smallest absolute Gasteiger partial charge is 0.408 e. The molecule has 3 atom stereocenters. The summed E-state index contributed by atoms with van der Waals surface area (Å²) in [5.74, 6) is -1.10. The van der Waals surface area contributed by atoms with Crippen molar-refractivity contribution in [3.05, 3.63) is 29.8 Å². The van der Waals surface area contributed by atoms with Crippen molar-refractivity contribution in [1.29, 1.82) is 0 Å². The zero-order valence-electron chi connectivity index (χ0n) is 22.7. The molecule has 1 aromatic carbocycles. The number of hydrogen-bond donors (Lipinski definition) is 3. The molecule has 8 nitrogen and oxygen atoms in total. The maximum atomic E-state index is 14.0. The van der Waals surface area contributed by atoms with Crippen molar-refractivity contribution in [2.24, 2.45) is 5.92 Å². The van der Waals surface area contributed by atoms with E-state index >= 15 is 0 Å². The predicted octanol–water partition coefficient (Wildman–Crippen LogP) is 4.92. The summed E-state index contributed by atoms with van der Waals surface area (Å²) in [6.07, 6.45) is 2.70. The average molecular weight is 492 g/mol. The summed E-state index contributed by atoms with van der Waals surface area (Å²) in [5, 5.41) is 16.3. The second-order valence-corrected chi connectivity index (χ2v) is 10.3. The molecule has 1 aromatic rings. The van der Waals surface area contributed by atoms with E-state index in [1.54, 1.807) is 39.0 Å². The number of phenols is 1. The van der Waals surface area contributed by atoms with Crippen molar-refractivity contribution < 1.29 is 24.2 Å². The molecule has 198 valence electrons. The molecule has 0 spiro atoms. The van der Waals surface area contributed by atoms with Crippen LogP contribution in [0.15, 0.2) is 24.3 Å². The van der Waals surface area contributed by atoms with Gasteiger partial charge in [0.1, 0.15) is 23.4 Å². The Morgan fingerprint density at radius 3 is 2.20 bits per heavy atom. The Labute approximate surface area is 210 Å². The molecule has 0 aromatic heterocycles. The first kappa shape index (κ1) is 30.3. The summed E-state index contributed by atoms with van der Waals surface area (Å²) in [6, 6.07) is 4.25. The van der Waals surface area contributed by atoms with E-state index in [1.807, 2.05) is 27.7 Å². The Bertz CT molecular complexity index is 834. The minimum Gasteiger partial charge on any atom is -0.508 e. The lowest BCUT2D eigenvalue weighted by Gasteiger charge is -2.39. The molecule has 8 heteroatoms. The van der Waals surface area contributed by atoms with E-state index in [1.165, 1.54) is 11.0 Å². The molecule has 3 unspecified atom stereocenters.